The van der Waals surface area contributed by atoms with Gasteiger partial charge in [0.05, 0.1) is 12.6 Å². The molecule has 1 aromatic carbocycles. The lowest BCUT2D eigenvalue weighted by Crippen LogP contribution is -2.37. The number of hydrogen-bond donors (Lipinski definition) is 0. The summed E-state index contributed by atoms with van der Waals surface area (Å²) in [4.78, 5) is 13.5. The zero-order valence-electron chi connectivity index (χ0n) is 10.2. The zero-order chi connectivity index (χ0) is 12.7. The van der Waals surface area contributed by atoms with E-state index in [1.165, 1.54) is 0 Å². The third-order valence-electron chi connectivity index (χ3n) is 2.72. The standard InChI is InChI=1S/C13H18ClNO2/c1-11(12-6-4-3-5-7-12)15(8-9-17-2)13(16)10-14/h3-7,11H,8-10H2,1-2H3. The average Bonchev–Trinajstić information content (AvgIpc) is 2.39. The molecule has 4 heteroatoms. The first kappa shape index (κ1) is 14.0. The van der Waals surface area contributed by atoms with Gasteiger partial charge >= 0.3 is 0 Å². The summed E-state index contributed by atoms with van der Waals surface area (Å²) in [6.45, 7) is 3.06. The van der Waals surface area contributed by atoms with Gasteiger partial charge in [-0.25, -0.2) is 0 Å². The predicted octanol–water partition coefficient (Wildman–Crippen LogP) is 2.46. The molecule has 17 heavy (non-hydrogen) atoms. The van der Waals surface area contributed by atoms with Crippen LogP contribution in [-0.2, 0) is 9.53 Å². The summed E-state index contributed by atoms with van der Waals surface area (Å²) in [5, 5.41) is 0. The van der Waals surface area contributed by atoms with Crippen LogP contribution < -0.4 is 0 Å². The quantitative estimate of drug-likeness (QED) is 0.731. The van der Waals surface area contributed by atoms with Crippen LogP contribution >= 0.6 is 11.6 Å². The minimum atomic E-state index is -0.0694. The molecular weight excluding hydrogens is 238 g/mol. The van der Waals surface area contributed by atoms with Crippen LogP contribution in [0.25, 0.3) is 0 Å². The first-order valence-corrected chi connectivity index (χ1v) is 6.13. The molecule has 0 aromatic heterocycles. The van der Waals surface area contributed by atoms with Gasteiger partial charge in [0, 0.05) is 13.7 Å². The number of ether oxygens (including phenoxy) is 1. The smallest absolute Gasteiger partial charge is 0.238 e. The Bertz CT molecular complexity index is 343. The largest absolute Gasteiger partial charge is 0.383 e. The van der Waals surface area contributed by atoms with Crippen LogP contribution in [0.1, 0.15) is 18.5 Å². The SMILES string of the molecule is COCCN(C(=O)CCl)C(C)c1ccccc1. The van der Waals surface area contributed by atoms with Crippen molar-refractivity contribution in [3.63, 3.8) is 0 Å². The van der Waals surface area contributed by atoms with Crippen molar-refractivity contribution in [3.05, 3.63) is 35.9 Å². The normalized spacial score (nSPS) is 12.2. The maximum atomic E-state index is 11.8. The van der Waals surface area contributed by atoms with Crippen molar-refractivity contribution >= 4 is 17.5 Å². The van der Waals surface area contributed by atoms with E-state index in [-0.39, 0.29) is 17.8 Å². The summed E-state index contributed by atoms with van der Waals surface area (Å²) in [6.07, 6.45) is 0. The number of methoxy groups -OCH3 is 1. The van der Waals surface area contributed by atoms with Crippen molar-refractivity contribution in [2.24, 2.45) is 0 Å². The average molecular weight is 256 g/mol. The Morgan fingerprint density at radius 1 is 1.41 bits per heavy atom. The second kappa shape index (κ2) is 7.30. The van der Waals surface area contributed by atoms with Gasteiger partial charge < -0.3 is 9.64 Å². The lowest BCUT2D eigenvalue weighted by molar-refractivity contribution is -0.131. The fraction of sp³-hybridized carbons (Fsp3) is 0.462. The molecule has 0 aliphatic carbocycles. The molecule has 1 unspecified atom stereocenters. The molecule has 0 N–H and O–H groups in total. The van der Waals surface area contributed by atoms with Gasteiger partial charge in [-0.05, 0) is 12.5 Å². The van der Waals surface area contributed by atoms with E-state index in [2.05, 4.69) is 0 Å². The molecule has 1 atom stereocenters. The maximum absolute atomic E-state index is 11.8. The molecule has 1 aromatic rings. The highest BCUT2D eigenvalue weighted by atomic mass is 35.5. The molecule has 0 saturated heterocycles. The third kappa shape index (κ3) is 4.02. The molecule has 0 saturated carbocycles. The van der Waals surface area contributed by atoms with Crippen molar-refractivity contribution in [1.82, 2.24) is 4.90 Å². The minimum absolute atomic E-state index is 0.000881. The second-order valence-corrected chi connectivity index (χ2v) is 4.07. The number of hydrogen-bond acceptors (Lipinski definition) is 2. The van der Waals surface area contributed by atoms with E-state index in [4.69, 9.17) is 16.3 Å². The van der Waals surface area contributed by atoms with Gasteiger partial charge in [0.1, 0.15) is 5.88 Å². The highest BCUT2D eigenvalue weighted by molar-refractivity contribution is 6.27. The van der Waals surface area contributed by atoms with Crippen LogP contribution in [-0.4, -0.2) is 36.9 Å². The Morgan fingerprint density at radius 2 is 2.06 bits per heavy atom. The molecule has 0 fully saturated rings. The van der Waals surface area contributed by atoms with E-state index in [1.807, 2.05) is 37.3 Å². The van der Waals surface area contributed by atoms with Crippen LogP contribution in [0, 0.1) is 0 Å². The van der Waals surface area contributed by atoms with Crippen molar-refractivity contribution in [2.45, 2.75) is 13.0 Å². The molecule has 0 heterocycles. The van der Waals surface area contributed by atoms with E-state index < -0.39 is 0 Å². The fourth-order valence-electron chi connectivity index (χ4n) is 1.71. The lowest BCUT2D eigenvalue weighted by Gasteiger charge is -2.28. The Morgan fingerprint density at radius 3 is 2.59 bits per heavy atom. The Hall–Kier alpha value is -1.06. The number of benzene rings is 1. The van der Waals surface area contributed by atoms with E-state index in [0.29, 0.717) is 13.2 Å². The van der Waals surface area contributed by atoms with Gasteiger partial charge in [0.15, 0.2) is 0 Å². The Labute approximate surface area is 107 Å². The van der Waals surface area contributed by atoms with Crippen LogP contribution in [0.3, 0.4) is 0 Å². The molecule has 94 valence electrons. The first-order chi connectivity index (χ1) is 8.20. The van der Waals surface area contributed by atoms with Crippen molar-refractivity contribution in [2.75, 3.05) is 26.1 Å². The maximum Gasteiger partial charge on any atom is 0.238 e. The van der Waals surface area contributed by atoms with Gasteiger partial charge in [-0.1, -0.05) is 30.3 Å². The molecule has 0 spiro atoms. The van der Waals surface area contributed by atoms with Crippen LogP contribution in [0.5, 0.6) is 0 Å². The molecule has 0 radical (unpaired) electrons. The van der Waals surface area contributed by atoms with E-state index in [0.717, 1.165) is 5.56 Å². The van der Waals surface area contributed by atoms with E-state index in [9.17, 15) is 4.79 Å². The highest BCUT2D eigenvalue weighted by Crippen LogP contribution is 2.19. The fourth-order valence-corrected chi connectivity index (χ4v) is 1.87. The van der Waals surface area contributed by atoms with Gasteiger partial charge in [-0.3, -0.25) is 4.79 Å². The topological polar surface area (TPSA) is 29.5 Å². The predicted molar refractivity (Wildman–Crippen MR) is 69.2 cm³/mol. The third-order valence-corrected chi connectivity index (χ3v) is 2.95. The molecule has 0 aliphatic heterocycles. The molecule has 1 amide bonds. The summed E-state index contributed by atoms with van der Waals surface area (Å²) >= 11 is 5.63. The zero-order valence-corrected chi connectivity index (χ0v) is 11.0. The number of alkyl halides is 1. The summed E-state index contributed by atoms with van der Waals surface area (Å²) in [6, 6.07) is 9.91. The number of halogens is 1. The van der Waals surface area contributed by atoms with E-state index in [1.54, 1.807) is 12.0 Å². The molecular formula is C13H18ClNO2. The van der Waals surface area contributed by atoms with Gasteiger partial charge in [0.25, 0.3) is 0 Å². The Balaban J connectivity index is 2.78. The van der Waals surface area contributed by atoms with Gasteiger partial charge in [0.2, 0.25) is 5.91 Å². The number of rotatable bonds is 6. The molecule has 1 rings (SSSR count). The van der Waals surface area contributed by atoms with Crippen LogP contribution in [0.2, 0.25) is 0 Å². The number of carbonyl (C=O) groups is 1. The van der Waals surface area contributed by atoms with Crippen LogP contribution in [0.15, 0.2) is 30.3 Å². The van der Waals surface area contributed by atoms with Crippen molar-refractivity contribution < 1.29 is 9.53 Å². The van der Waals surface area contributed by atoms with Crippen molar-refractivity contribution in [1.29, 1.82) is 0 Å². The number of amides is 1. The van der Waals surface area contributed by atoms with E-state index >= 15 is 0 Å². The van der Waals surface area contributed by atoms with Crippen molar-refractivity contribution in [3.8, 4) is 0 Å². The summed E-state index contributed by atoms with van der Waals surface area (Å²) in [7, 11) is 1.62. The van der Waals surface area contributed by atoms with Crippen LogP contribution in [0.4, 0.5) is 0 Å². The van der Waals surface area contributed by atoms with Gasteiger partial charge in [-0.15, -0.1) is 11.6 Å². The first-order valence-electron chi connectivity index (χ1n) is 5.60. The minimum Gasteiger partial charge on any atom is -0.383 e. The number of nitrogens with zero attached hydrogens (tertiary/aromatic N) is 1. The summed E-state index contributed by atoms with van der Waals surface area (Å²) in [5.74, 6) is -0.0685. The second-order valence-electron chi connectivity index (χ2n) is 3.80. The Kier molecular flexibility index (Phi) is 6.01. The summed E-state index contributed by atoms with van der Waals surface area (Å²) in [5.41, 5.74) is 1.10. The molecule has 0 bridgehead atoms. The van der Waals surface area contributed by atoms with Gasteiger partial charge in [-0.2, -0.15) is 0 Å². The summed E-state index contributed by atoms with van der Waals surface area (Å²) < 4.78 is 5.02. The highest BCUT2D eigenvalue weighted by Gasteiger charge is 2.19. The lowest BCUT2D eigenvalue weighted by atomic mass is 10.1. The molecule has 0 aliphatic rings. The number of carbonyl (C=O) groups excluding carboxylic acids is 1. The monoisotopic (exact) mass is 255 g/mol. The molecule has 3 nitrogen and oxygen atoms in total.